The summed E-state index contributed by atoms with van der Waals surface area (Å²) in [6.07, 6.45) is 6.04. The smallest absolute Gasteiger partial charge is 0.234 e. The van der Waals surface area contributed by atoms with Gasteiger partial charge in [-0.15, -0.1) is 0 Å². The number of carbonyl (C=O) groups excluding carboxylic acids is 2. The lowest BCUT2D eigenvalue weighted by atomic mass is 9.82. The van der Waals surface area contributed by atoms with Gasteiger partial charge in [-0.05, 0) is 32.9 Å². The Morgan fingerprint density at radius 2 is 1.89 bits per heavy atom. The largest absolute Gasteiger partial charge is 0.370 e. The van der Waals surface area contributed by atoms with Crippen LogP contribution in [-0.2, 0) is 9.59 Å². The van der Waals surface area contributed by atoms with Gasteiger partial charge in [-0.1, -0.05) is 19.3 Å². The molecule has 1 rings (SSSR count). The van der Waals surface area contributed by atoms with Crippen LogP contribution in [0.15, 0.2) is 0 Å². The van der Waals surface area contributed by atoms with Crippen LogP contribution in [0.5, 0.6) is 0 Å². The van der Waals surface area contributed by atoms with Gasteiger partial charge in [-0.3, -0.25) is 9.59 Å². The van der Waals surface area contributed by atoms with Gasteiger partial charge in [0.15, 0.2) is 0 Å². The maximum Gasteiger partial charge on any atom is 0.234 e. The molecule has 1 unspecified atom stereocenters. The lowest BCUT2D eigenvalue weighted by Gasteiger charge is -2.30. The van der Waals surface area contributed by atoms with Gasteiger partial charge in [0.2, 0.25) is 11.8 Å². The monoisotopic (exact) mass is 255 g/mol. The highest BCUT2D eigenvalue weighted by Gasteiger charge is 2.26. The van der Waals surface area contributed by atoms with Crippen LogP contribution >= 0.6 is 0 Å². The highest BCUT2D eigenvalue weighted by atomic mass is 16.2. The van der Waals surface area contributed by atoms with E-state index in [-0.39, 0.29) is 24.3 Å². The molecule has 0 aromatic heterocycles. The lowest BCUT2D eigenvalue weighted by molar-refractivity contribution is -0.123. The molecule has 18 heavy (non-hydrogen) atoms. The Kier molecular flexibility index (Phi) is 6.12. The Balaban J connectivity index is 2.53. The molecule has 1 aliphatic carbocycles. The molecule has 0 aromatic rings. The summed E-state index contributed by atoms with van der Waals surface area (Å²) in [5.41, 5.74) is 5.28. The van der Waals surface area contributed by atoms with Crippen molar-refractivity contribution in [1.29, 1.82) is 0 Å². The minimum absolute atomic E-state index is 0.0307. The summed E-state index contributed by atoms with van der Waals surface area (Å²) in [7, 11) is 3.70. The number of rotatable bonds is 6. The molecule has 0 spiro atoms. The maximum absolute atomic E-state index is 11.8. The van der Waals surface area contributed by atoms with E-state index in [1.54, 1.807) is 0 Å². The van der Waals surface area contributed by atoms with Crippen molar-refractivity contribution < 1.29 is 9.59 Å². The van der Waals surface area contributed by atoms with Crippen LogP contribution in [0.1, 0.15) is 38.5 Å². The normalized spacial score (nSPS) is 18.6. The molecular formula is C13H25N3O2. The van der Waals surface area contributed by atoms with Crippen molar-refractivity contribution in [2.45, 2.75) is 44.6 Å². The number of hydrogen-bond acceptors (Lipinski definition) is 3. The summed E-state index contributed by atoms with van der Waals surface area (Å²) in [5.74, 6) is 0.0323. The van der Waals surface area contributed by atoms with Gasteiger partial charge in [0, 0.05) is 12.5 Å². The zero-order valence-corrected chi connectivity index (χ0v) is 11.4. The van der Waals surface area contributed by atoms with E-state index < -0.39 is 0 Å². The molecule has 1 fully saturated rings. The SMILES string of the molecule is CN(C)CC(=O)NC(CC(N)=O)C1CCCCC1. The second-order valence-corrected chi connectivity index (χ2v) is 5.48. The fraction of sp³-hybridized carbons (Fsp3) is 0.846. The van der Waals surface area contributed by atoms with Crippen molar-refractivity contribution in [1.82, 2.24) is 10.2 Å². The van der Waals surface area contributed by atoms with Crippen LogP contribution in [-0.4, -0.2) is 43.4 Å². The Morgan fingerprint density at radius 3 is 2.39 bits per heavy atom. The third-order valence-corrected chi connectivity index (χ3v) is 3.45. The van der Waals surface area contributed by atoms with Crippen molar-refractivity contribution >= 4 is 11.8 Å². The van der Waals surface area contributed by atoms with E-state index in [0.29, 0.717) is 12.5 Å². The summed E-state index contributed by atoms with van der Waals surface area (Å²) in [6, 6.07) is -0.0877. The molecular weight excluding hydrogens is 230 g/mol. The van der Waals surface area contributed by atoms with E-state index >= 15 is 0 Å². The molecule has 0 aromatic carbocycles. The zero-order chi connectivity index (χ0) is 13.5. The third kappa shape index (κ3) is 5.49. The van der Waals surface area contributed by atoms with Gasteiger partial charge in [-0.25, -0.2) is 0 Å². The number of likely N-dealkylation sites (N-methyl/N-ethyl adjacent to an activating group) is 1. The first-order chi connectivity index (χ1) is 8.49. The lowest BCUT2D eigenvalue weighted by Crippen LogP contribution is -2.46. The molecule has 104 valence electrons. The molecule has 0 saturated heterocycles. The van der Waals surface area contributed by atoms with Gasteiger partial charge in [0.1, 0.15) is 0 Å². The number of carbonyl (C=O) groups is 2. The molecule has 1 aliphatic rings. The van der Waals surface area contributed by atoms with Crippen molar-refractivity contribution in [2.24, 2.45) is 11.7 Å². The molecule has 0 aliphatic heterocycles. The number of nitrogens with zero attached hydrogens (tertiary/aromatic N) is 1. The Labute approximate surface area is 109 Å². The van der Waals surface area contributed by atoms with Crippen LogP contribution in [0.25, 0.3) is 0 Å². The minimum Gasteiger partial charge on any atom is -0.370 e. The molecule has 0 bridgehead atoms. The van der Waals surface area contributed by atoms with Gasteiger partial charge in [0.25, 0.3) is 0 Å². The molecule has 0 heterocycles. The Morgan fingerprint density at radius 1 is 1.28 bits per heavy atom. The van der Waals surface area contributed by atoms with E-state index in [1.165, 1.54) is 19.3 Å². The number of hydrogen-bond donors (Lipinski definition) is 2. The van der Waals surface area contributed by atoms with E-state index in [4.69, 9.17) is 5.73 Å². The van der Waals surface area contributed by atoms with Crippen molar-refractivity contribution in [3.63, 3.8) is 0 Å². The predicted octanol–water partition coefficient (Wildman–Crippen LogP) is 0.489. The number of nitrogens with two attached hydrogens (primary N) is 1. The van der Waals surface area contributed by atoms with Crippen LogP contribution in [0, 0.1) is 5.92 Å². The van der Waals surface area contributed by atoms with Crippen molar-refractivity contribution in [3.05, 3.63) is 0 Å². The fourth-order valence-electron chi connectivity index (χ4n) is 2.63. The first-order valence-electron chi connectivity index (χ1n) is 6.71. The first kappa shape index (κ1) is 15.0. The third-order valence-electron chi connectivity index (χ3n) is 3.45. The fourth-order valence-corrected chi connectivity index (χ4v) is 2.63. The summed E-state index contributed by atoms with van der Waals surface area (Å²) in [6.45, 7) is 0.349. The van der Waals surface area contributed by atoms with E-state index in [1.807, 2.05) is 19.0 Å². The molecule has 0 radical (unpaired) electrons. The van der Waals surface area contributed by atoms with Gasteiger partial charge < -0.3 is 16.0 Å². The summed E-state index contributed by atoms with van der Waals surface area (Å²) in [4.78, 5) is 24.7. The molecule has 5 nitrogen and oxygen atoms in total. The van der Waals surface area contributed by atoms with E-state index in [0.717, 1.165) is 12.8 Å². The summed E-state index contributed by atoms with van der Waals surface area (Å²) < 4.78 is 0. The number of nitrogens with one attached hydrogen (secondary N) is 1. The highest BCUT2D eigenvalue weighted by molar-refractivity contribution is 5.80. The van der Waals surface area contributed by atoms with Gasteiger partial charge in [-0.2, -0.15) is 0 Å². The van der Waals surface area contributed by atoms with Crippen molar-refractivity contribution in [2.75, 3.05) is 20.6 Å². The van der Waals surface area contributed by atoms with Crippen LogP contribution < -0.4 is 11.1 Å². The quantitative estimate of drug-likeness (QED) is 0.725. The van der Waals surface area contributed by atoms with Gasteiger partial charge >= 0.3 is 0 Å². The second-order valence-electron chi connectivity index (χ2n) is 5.48. The number of amides is 2. The zero-order valence-electron chi connectivity index (χ0n) is 11.4. The second kappa shape index (κ2) is 7.36. The van der Waals surface area contributed by atoms with Crippen LogP contribution in [0.3, 0.4) is 0 Å². The van der Waals surface area contributed by atoms with E-state index in [2.05, 4.69) is 5.32 Å². The number of primary amides is 1. The standard InChI is InChI=1S/C13H25N3O2/c1-16(2)9-13(18)15-11(8-12(14)17)10-6-4-3-5-7-10/h10-11H,3-9H2,1-2H3,(H2,14,17)(H,15,18). The first-order valence-corrected chi connectivity index (χ1v) is 6.71. The Hall–Kier alpha value is -1.10. The van der Waals surface area contributed by atoms with Crippen molar-refractivity contribution in [3.8, 4) is 0 Å². The molecule has 3 N–H and O–H groups in total. The van der Waals surface area contributed by atoms with Gasteiger partial charge in [0.05, 0.1) is 6.54 Å². The Bertz CT molecular complexity index is 286. The summed E-state index contributed by atoms with van der Waals surface area (Å²) >= 11 is 0. The average molecular weight is 255 g/mol. The van der Waals surface area contributed by atoms with Crippen LogP contribution in [0.2, 0.25) is 0 Å². The molecule has 2 amide bonds. The maximum atomic E-state index is 11.8. The average Bonchev–Trinajstić information content (AvgIpc) is 2.27. The predicted molar refractivity (Wildman–Crippen MR) is 70.9 cm³/mol. The minimum atomic E-state index is -0.337. The molecule has 1 saturated carbocycles. The summed E-state index contributed by atoms with van der Waals surface area (Å²) in [5, 5.41) is 2.97. The molecule has 5 heteroatoms. The van der Waals surface area contributed by atoms with E-state index in [9.17, 15) is 9.59 Å². The highest BCUT2D eigenvalue weighted by Crippen LogP contribution is 2.27. The molecule has 1 atom stereocenters. The van der Waals surface area contributed by atoms with Crippen LogP contribution in [0.4, 0.5) is 0 Å². The topological polar surface area (TPSA) is 75.4 Å².